The van der Waals surface area contributed by atoms with Crippen LogP contribution in [0.2, 0.25) is 0 Å². The number of rotatable bonds is 11. The fourth-order valence-corrected chi connectivity index (χ4v) is 3.27. The molecule has 0 spiro atoms. The average Bonchev–Trinajstić information content (AvgIpc) is 3.61. The van der Waals surface area contributed by atoms with Crippen LogP contribution in [0.3, 0.4) is 0 Å². The molecule has 0 aliphatic heterocycles. The zero-order valence-corrected chi connectivity index (χ0v) is 20.1. The number of nitrogens with one attached hydrogen (secondary N) is 2. The number of guanidine groups is 1. The molecule has 2 saturated carbocycles. The largest absolute Gasteiger partial charge is 0.490 e. The summed E-state index contributed by atoms with van der Waals surface area (Å²) in [5.74, 6) is 1.39. The third kappa shape index (κ3) is 7.59. The minimum atomic E-state index is -0.303. The maximum absolute atomic E-state index is 14.4. The van der Waals surface area contributed by atoms with Gasteiger partial charge in [0.25, 0.3) is 0 Å². The molecule has 2 N–H and O–H groups in total. The second-order valence-corrected chi connectivity index (χ2v) is 8.18. The van der Waals surface area contributed by atoms with Gasteiger partial charge in [0, 0.05) is 26.8 Å². The van der Waals surface area contributed by atoms with Crippen molar-refractivity contribution in [1.82, 2.24) is 10.6 Å². The lowest BCUT2D eigenvalue weighted by Crippen LogP contribution is -2.41. The Kier molecular flexibility index (Phi) is 9.46. The van der Waals surface area contributed by atoms with Crippen LogP contribution in [0.15, 0.2) is 23.2 Å². The first-order valence-electron chi connectivity index (χ1n) is 10.5. The maximum Gasteiger partial charge on any atom is 0.191 e. The predicted octanol–water partition coefficient (Wildman–Crippen LogP) is 4.67. The Labute approximate surface area is 191 Å². The number of aliphatic imine (C=N–C) groups is 1. The van der Waals surface area contributed by atoms with Gasteiger partial charge in [0.1, 0.15) is 0 Å². The van der Waals surface area contributed by atoms with Crippen LogP contribution >= 0.6 is 24.0 Å². The monoisotopic (exact) mass is 519 g/mol. The molecule has 0 bridgehead atoms. The molecule has 0 aromatic heterocycles. The summed E-state index contributed by atoms with van der Waals surface area (Å²) in [7, 11) is 1.76. The zero-order valence-electron chi connectivity index (χ0n) is 17.8. The number of benzene rings is 1. The van der Waals surface area contributed by atoms with Gasteiger partial charge in [0.05, 0.1) is 12.6 Å². The van der Waals surface area contributed by atoms with E-state index in [0.29, 0.717) is 23.7 Å². The van der Waals surface area contributed by atoms with Crippen LogP contribution in [0.4, 0.5) is 4.39 Å². The fourth-order valence-electron chi connectivity index (χ4n) is 3.27. The molecule has 2 fully saturated rings. The zero-order chi connectivity index (χ0) is 20.0. The van der Waals surface area contributed by atoms with E-state index >= 15 is 0 Å². The molecular weight excluding hydrogens is 484 g/mol. The highest BCUT2D eigenvalue weighted by molar-refractivity contribution is 14.0. The Morgan fingerprint density at radius 2 is 2.10 bits per heavy atom. The Balaban J connectivity index is 0.00000300. The molecule has 164 valence electrons. The van der Waals surface area contributed by atoms with Gasteiger partial charge in [-0.3, -0.25) is 4.99 Å². The lowest BCUT2D eigenvalue weighted by atomic mass is 10.0. The van der Waals surface area contributed by atoms with E-state index in [1.165, 1.54) is 25.7 Å². The topological polar surface area (TPSA) is 54.9 Å². The Bertz CT molecular complexity index is 678. The quantitative estimate of drug-likeness (QED) is 0.193. The van der Waals surface area contributed by atoms with Gasteiger partial charge >= 0.3 is 0 Å². The molecule has 1 unspecified atom stereocenters. The summed E-state index contributed by atoms with van der Waals surface area (Å²) in [6.45, 7) is 7.12. The van der Waals surface area contributed by atoms with Gasteiger partial charge in [0.2, 0.25) is 0 Å². The SMILES string of the molecule is CCOCCC1(CNC(=NC)NC(C)c2ccc(OCC3CC3)c(F)c2)CC1.I. The highest BCUT2D eigenvalue weighted by atomic mass is 127. The van der Waals surface area contributed by atoms with Crippen molar-refractivity contribution in [1.29, 1.82) is 0 Å². The Hall–Kier alpha value is -1.09. The van der Waals surface area contributed by atoms with E-state index in [1.54, 1.807) is 19.2 Å². The van der Waals surface area contributed by atoms with Crippen LogP contribution in [-0.2, 0) is 4.74 Å². The number of nitrogens with zero attached hydrogens (tertiary/aromatic N) is 1. The van der Waals surface area contributed by atoms with Crippen molar-refractivity contribution in [2.45, 2.75) is 52.0 Å². The number of hydrogen-bond acceptors (Lipinski definition) is 3. The van der Waals surface area contributed by atoms with Crippen molar-refractivity contribution in [3.63, 3.8) is 0 Å². The van der Waals surface area contributed by atoms with E-state index in [1.807, 2.05) is 19.9 Å². The van der Waals surface area contributed by atoms with Crippen LogP contribution in [0, 0.1) is 17.2 Å². The van der Waals surface area contributed by atoms with Crippen molar-refractivity contribution in [2.24, 2.45) is 16.3 Å². The normalized spacial score (nSPS) is 18.6. The number of hydrogen-bond donors (Lipinski definition) is 2. The fraction of sp³-hybridized carbons (Fsp3) is 0.682. The third-order valence-electron chi connectivity index (χ3n) is 5.77. The van der Waals surface area contributed by atoms with Crippen molar-refractivity contribution >= 4 is 29.9 Å². The number of halogens is 2. The second kappa shape index (κ2) is 11.3. The summed E-state index contributed by atoms with van der Waals surface area (Å²) >= 11 is 0. The van der Waals surface area contributed by atoms with E-state index < -0.39 is 0 Å². The van der Waals surface area contributed by atoms with Gasteiger partial charge in [-0.1, -0.05) is 6.07 Å². The molecule has 1 atom stereocenters. The molecule has 3 rings (SSSR count). The van der Waals surface area contributed by atoms with Gasteiger partial charge in [-0.05, 0) is 75.0 Å². The van der Waals surface area contributed by atoms with Crippen molar-refractivity contribution in [3.05, 3.63) is 29.6 Å². The number of ether oxygens (including phenoxy) is 2. The molecule has 5 nitrogen and oxygen atoms in total. The molecule has 0 amide bonds. The first kappa shape index (κ1) is 24.2. The van der Waals surface area contributed by atoms with Crippen molar-refractivity contribution < 1.29 is 13.9 Å². The van der Waals surface area contributed by atoms with Crippen molar-refractivity contribution in [2.75, 3.05) is 33.4 Å². The summed E-state index contributed by atoms with van der Waals surface area (Å²) in [5, 5.41) is 6.79. The molecule has 29 heavy (non-hydrogen) atoms. The summed E-state index contributed by atoms with van der Waals surface area (Å²) in [4.78, 5) is 4.32. The minimum Gasteiger partial charge on any atom is -0.490 e. The Morgan fingerprint density at radius 1 is 1.34 bits per heavy atom. The van der Waals surface area contributed by atoms with Gasteiger partial charge in [0.15, 0.2) is 17.5 Å². The maximum atomic E-state index is 14.4. The standard InChI is InChI=1S/C22H34FN3O2.HI/c1-4-27-12-11-22(9-10-22)15-25-21(24-3)26-16(2)18-7-8-20(19(23)13-18)28-14-17-5-6-17;/h7-8,13,16-17H,4-6,9-12,14-15H2,1-3H3,(H2,24,25,26);1H. The van der Waals surface area contributed by atoms with E-state index in [0.717, 1.165) is 37.7 Å². The van der Waals surface area contributed by atoms with Crippen molar-refractivity contribution in [3.8, 4) is 5.75 Å². The summed E-state index contributed by atoms with van der Waals surface area (Å²) < 4.78 is 25.4. The van der Waals surface area contributed by atoms with Gasteiger partial charge in [-0.15, -0.1) is 24.0 Å². The van der Waals surface area contributed by atoms with E-state index in [2.05, 4.69) is 15.6 Å². The lowest BCUT2D eigenvalue weighted by Gasteiger charge is -2.22. The molecule has 0 radical (unpaired) electrons. The average molecular weight is 519 g/mol. The highest BCUT2D eigenvalue weighted by Gasteiger charge is 2.42. The van der Waals surface area contributed by atoms with E-state index in [-0.39, 0.29) is 35.8 Å². The molecule has 0 saturated heterocycles. The summed E-state index contributed by atoms with van der Waals surface area (Å²) in [5.41, 5.74) is 1.21. The smallest absolute Gasteiger partial charge is 0.191 e. The molecular formula is C22H35FIN3O2. The van der Waals surface area contributed by atoms with E-state index in [9.17, 15) is 4.39 Å². The van der Waals surface area contributed by atoms with Crippen LogP contribution in [-0.4, -0.2) is 39.4 Å². The second-order valence-electron chi connectivity index (χ2n) is 8.18. The summed E-state index contributed by atoms with van der Waals surface area (Å²) in [6, 6.07) is 5.14. The molecule has 2 aliphatic rings. The Morgan fingerprint density at radius 3 is 2.69 bits per heavy atom. The first-order chi connectivity index (χ1) is 13.5. The predicted molar refractivity (Wildman–Crippen MR) is 126 cm³/mol. The van der Waals surface area contributed by atoms with Crippen LogP contribution in [0.25, 0.3) is 0 Å². The van der Waals surface area contributed by atoms with Gasteiger partial charge in [-0.25, -0.2) is 4.39 Å². The highest BCUT2D eigenvalue weighted by Crippen LogP contribution is 2.48. The van der Waals surface area contributed by atoms with Gasteiger partial charge in [-0.2, -0.15) is 0 Å². The van der Waals surface area contributed by atoms with Crippen LogP contribution in [0.1, 0.15) is 57.6 Å². The molecule has 0 heterocycles. The third-order valence-corrected chi connectivity index (χ3v) is 5.77. The van der Waals surface area contributed by atoms with Crippen LogP contribution < -0.4 is 15.4 Å². The van der Waals surface area contributed by atoms with Crippen LogP contribution in [0.5, 0.6) is 5.75 Å². The van der Waals surface area contributed by atoms with E-state index in [4.69, 9.17) is 9.47 Å². The molecule has 7 heteroatoms. The lowest BCUT2D eigenvalue weighted by molar-refractivity contribution is 0.128. The minimum absolute atomic E-state index is 0. The first-order valence-corrected chi connectivity index (χ1v) is 10.5. The van der Waals surface area contributed by atoms with Gasteiger partial charge < -0.3 is 20.1 Å². The summed E-state index contributed by atoms with van der Waals surface area (Å²) in [6.07, 6.45) is 5.92. The molecule has 2 aliphatic carbocycles. The molecule has 1 aromatic rings. The molecule has 1 aromatic carbocycles.